The molecule has 2 fully saturated rings. The third kappa shape index (κ3) is 4.95. The number of piperazine rings is 1. The second kappa shape index (κ2) is 10.7. The van der Waals surface area contributed by atoms with Crippen LogP contribution in [0.2, 0.25) is 0 Å². The summed E-state index contributed by atoms with van der Waals surface area (Å²) in [6, 6.07) is 9.68. The molecule has 39 heavy (non-hydrogen) atoms. The van der Waals surface area contributed by atoms with Crippen molar-refractivity contribution in [3.63, 3.8) is 0 Å². The summed E-state index contributed by atoms with van der Waals surface area (Å²) in [6.45, 7) is 4.56. The van der Waals surface area contributed by atoms with Crippen molar-refractivity contribution in [1.82, 2.24) is 29.5 Å². The molecule has 0 bridgehead atoms. The van der Waals surface area contributed by atoms with Gasteiger partial charge in [0.05, 0.1) is 30.5 Å². The number of amides is 1. The Hall–Kier alpha value is -3.96. The number of hydrogen-bond donors (Lipinski definition) is 2. The van der Waals surface area contributed by atoms with Crippen LogP contribution in [-0.4, -0.2) is 81.8 Å². The third-order valence-corrected chi connectivity index (χ3v) is 8.05. The van der Waals surface area contributed by atoms with Gasteiger partial charge in [0.25, 0.3) is 5.91 Å². The lowest BCUT2D eigenvalue weighted by Gasteiger charge is -2.41. The smallest absolute Gasteiger partial charge is 0.291 e. The minimum Gasteiger partial charge on any atom is -0.495 e. The number of aromatic nitrogens is 4. The lowest BCUT2D eigenvalue weighted by molar-refractivity contribution is 0.0815. The van der Waals surface area contributed by atoms with Gasteiger partial charge in [0.1, 0.15) is 23.6 Å². The number of methoxy groups -OCH3 is 1. The number of carbonyl (C=O) groups excluding carboxylic acids is 1. The molecule has 4 heterocycles. The van der Waals surface area contributed by atoms with E-state index in [2.05, 4.69) is 32.1 Å². The molecule has 11 heteroatoms. The summed E-state index contributed by atoms with van der Waals surface area (Å²) in [7, 11) is 3.76. The third-order valence-electron chi connectivity index (χ3n) is 8.05. The van der Waals surface area contributed by atoms with Crippen LogP contribution in [0, 0.1) is 0 Å². The first-order valence-electron chi connectivity index (χ1n) is 13.5. The van der Waals surface area contributed by atoms with Crippen LogP contribution in [-0.2, 0) is 0 Å². The number of likely N-dealkylation sites (N-methyl/N-ethyl adjacent to an activating group) is 1. The number of nitrogens with one attached hydrogen (secondary N) is 1. The molecule has 3 aromatic heterocycles. The average Bonchev–Trinajstić information content (AvgIpc) is 3.64. The first-order chi connectivity index (χ1) is 19.0. The van der Waals surface area contributed by atoms with Crippen LogP contribution in [0.15, 0.2) is 47.3 Å². The van der Waals surface area contributed by atoms with Gasteiger partial charge < -0.3 is 25.1 Å². The van der Waals surface area contributed by atoms with Gasteiger partial charge in [-0.05, 0) is 57.0 Å². The lowest BCUT2D eigenvalue weighted by atomic mass is 9.90. The fourth-order valence-electron chi connectivity index (χ4n) is 5.84. The van der Waals surface area contributed by atoms with E-state index in [0.717, 1.165) is 68.5 Å². The number of benzene rings is 1. The van der Waals surface area contributed by atoms with Crippen LogP contribution >= 0.6 is 0 Å². The van der Waals surface area contributed by atoms with E-state index >= 15 is 0 Å². The number of nitrogens with two attached hydrogens (primary N) is 1. The molecule has 204 valence electrons. The molecule has 0 unspecified atom stereocenters. The van der Waals surface area contributed by atoms with Crippen molar-refractivity contribution in [3.8, 4) is 17.0 Å². The highest BCUT2D eigenvalue weighted by molar-refractivity contribution is 6.04. The normalized spacial score (nSPS) is 20.8. The summed E-state index contributed by atoms with van der Waals surface area (Å²) in [5.41, 5.74) is 9.15. The Kier molecular flexibility index (Phi) is 6.92. The van der Waals surface area contributed by atoms with E-state index in [-0.39, 0.29) is 17.7 Å². The molecular weight excluding hydrogens is 496 g/mol. The molecule has 4 aromatic rings. The molecule has 0 atom stereocenters. The monoisotopic (exact) mass is 530 g/mol. The van der Waals surface area contributed by atoms with Crippen LogP contribution in [0.25, 0.3) is 22.3 Å². The maximum Gasteiger partial charge on any atom is 0.291 e. The summed E-state index contributed by atoms with van der Waals surface area (Å²) in [5.74, 6) is 0.753. The van der Waals surface area contributed by atoms with Crippen LogP contribution < -0.4 is 15.8 Å². The molecule has 0 radical (unpaired) electrons. The molecule has 2 aliphatic rings. The molecule has 0 spiro atoms. The van der Waals surface area contributed by atoms with E-state index in [1.165, 1.54) is 12.6 Å². The number of furan rings is 1. The number of nitrogens with zero attached hydrogens (tertiary/aromatic N) is 6. The molecule has 6 rings (SSSR count). The fourth-order valence-corrected chi connectivity index (χ4v) is 5.84. The largest absolute Gasteiger partial charge is 0.495 e. The molecule has 3 N–H and O–H groups in total. The van der Waals surface area contributed by atoms with Crippen molar-refractivity contribution in [2.45, 2.75) is 37.8 Å². The van der Waals surface area contributed by atoms with E-state index in [1.807, 2.05) is 16.8 Å². The van der Waals surface area contributed by atoms with E-state index in [1.54, 1.807) is 25.3 Å². The Balaban J connectivity index is 1.27. The van der Waals surface area contributed by atoms with Crippen molar-refractivity contribution >= 4 is 28.4 Å². The average molecular weight is 531 g/mol. The molecule has 11 nitrogen and oxygen atoms in total. The van der Waals surface area contributed by atoms with Gasteiger partial charge in [0, 0.05) is 37.8 Å². The first kappa shape index (κ1) is 25.3. The van der Waals surface area contributed by atoms with Gasteiger partial charge in [-0.2, -0.15) is 5.10 Å². The topological polar surface area (TPSA) is 128 Å². The number of rotatable bonds is 6. The van der Waals surface area contributed by atoms with E-state index in [4.69, 9.17) is 20.0 Å². The highest BCUT2D eigenvalue weighted by Crippen LogP contribution is 2.39. The molecule has 1 saturated heterocycles. The van der Waals surface area contributed by atoms with Crippen molar-refractivity contribution in [2.24, 2.45) is 0 Å². The minimum atomic E-state index is -0.356. The Labute approximate surface area is 226 Å². The van der Waals surface area contributed by atoms with Gasteiger partial charge in [-0.3, -0.25) is 9.69 Å². The van der Waals surface area contributed by atoms with Crippen molar-refractivity contribution in [3.05, 3.63) is 48.7 Å². The van der Waals surface area contributed by atoms with Crippen LogP contribution in [0.3, 0.4) is 0 Å². The zero-order chi connectivity index (χ0) is 26.9. The fraction of sp³-hybridized carbons (Fsp3) is 0.429. The standard InChI is InChI=1S/C28H34N8O3/c1-34-11-13-35(14-12-34)19-6-8-20(9-7-19)36-27-24(26(29)30-17-31-27)25(33-36)18-5-10-21(23(16-18)38-2)32-28(37)22-4-3-15-39-22/h3-5,10,15-17,19-20H,6-9,11-14H2,1-2H3,(H,32,37)(H2,29,30,31)/t19-,20+. The van der Waals surface area contributed by atoms with E-state index < -0.39 is 0 Å². The molecule has 1 saturated carbocycles. The number of anilines is 2. The maximum atomic E-state index is 12.5. The summed E-state index contributed by atoms with van der Waals surface area (Å²) in [5, 5.41) is 8.63. The second-order valence-corrected chi connectivity index (χ2v) is 10.4. The number of ether oxygens (including phenoxy) is 1. The van der Waals surface area contributed by atoms with Crippen molar-refractivity contribution in [2.75, 3.05) is 51.4 Å². The van der Waals surface area contributed by atoms with Crippen LogP contribution in [0.1, 0.15) is 42.3 Å². The van der Waals surface area contributed by atoms with Gasteiger partial charge in [0.15, 0.2) is 11.4 Å². The van der Waals surface area contributed by atoms with Gasteiger partial charge >= 0.3 is 0 Å². The zero-order valence-electron chi connectivity index (χ0n) is 22.3. The highest BCUT2D eigenvalue weighted by atomic mass is 16.5. The van der Waals surface area contributed by atoms with Gasteiger partial charge in [0.2, 0.25) is 0 Å². The van der Waals surface area contributed by atoms with Crippen molar-refractivity contribution < 1.29 is 13.9 Å². The number of fused-ring (bicyclic) bond motifs is 1. The van der Waals surface area contributed by atoms with E-state index in [0.29, 0.717) is 29.0 Å². The molecular formula is C28H34N8O3. The molecule has 1 aliphatic heterocycles. The lowest BCUT2D eigenvalue weighted by Crippen LogP contribution is -2.49. The van der Waals surface area contributed by atoms with Gasteiger partial charge in [-0.1, -0.05) is 6.07 Å². The van der Waals surface area contributed by atoms with Gasteiger partial charge in [-0.15, -0.1) is 0 Å². The van der Waals surface area contributed by atoms with Gasteiger partial charge in [-0.25, -0.2) is 14.6 Å². The van der Waals surface area contributed by atoms with Crippen LogP contribution in [0.5, 0.6) is 5.75 Å². The van der Waals surface area contributed by atoms with E-state index in [9.17, 15) is 4.79 Å². The van der Waals surface area contributed by atoms with Crippen LogP contribution in [0.4, 0.5) is 11.5 Å². The Bertz CT molecular complexity index is 1450. The summed E-state index contributed by atoms with van der Waals surface area (Å²) >= 11 is 0. The summed E-state index contributed by atoms with van der Waals surface area (Å²) in [6.07, 6.45) is 7.33. The second-order valence-electron chi connectivity index (χ2n) is 10.4. The summed E-state index contributed by atoms with van der Waals surface area (Å²) in [4.78, 5) is 26.4. The van der Waals surface area contributed by atoms with Crippen molar-refractivity contribution in [1.29, 1.82) is 0 Å². The Morgan fingerprint density at radius 3 is 2.56 bits per heavy atom. The Morgan fingerprint density at radius 2 is 1.85 bits per heavy atom. The quantitative estimate of drug-likeness (QED) is 0.384. The SMILES string of the molecule is COc1cc(-c2nn([C@H]3CC[C@@H](N4CCN(C)CC4)CC3)c3ncnc(N)c23)ccc1NC(=O)c1ccco1. The minimum absolute atomic E-state index is 0.220. The number of hydrogen-bond acceptors (Lipinski definition) is 9. The number of nitrogen functional groups attached to an aromatic ring is 1. The zero-order valence-corrected chi connectivity index (χ0v) is 22.3. The number of carbonyl (C=O) groups is 1. The molecule has 1 amide bonds. The first-order valence-corrected chi connectivity index (χ1v) is 13.5. The molecule has 1 aromatic carbocycles. The predicted molar refractivity (Wildman–Crippen MR) is 149 cm³/mol. The Morgan fingerprint density at radius 1 is 1.08 bits per heavy atom. The highest BCUT2D eigenvalue weighted by Gasteiger charge is 2.31. The predicted octanol–water partition coefficient (Wildman–Crippen LogP) is 3.66. The maximum absolute atomic E-state index is 12.5. The molecule has 1 aliphatic carbocycles. The summed E-state index contributed by atoms with van der Waals surface area (Å²) < 4.78 is 12.9.